The summed E-state index contributed by atoms with van der Waals surface area (Å²) in [6.07, 6.45) is 4.92. The van der Waals surface area contributed by atoms with Crippen molar-refractivity contribution in [2.75, 3.05) is 32.8 Å². The molecule has 0 aromatic carbocycles. The van der Waals surface area contributed by atoms with E-state index in [0.29, 0.717) is 6.04 Å². The van der Waals surface area contributed by atoms with E-state index in [9.17, 15) is 0 Å². The van der Waals surface area contributed by atoms with Gasteiger partial charge in [0.1, 0.15) is 0 Å². The summed E-state index contributed by atoms with van der Waals surface area (Å²) in [7, 11) is 0. The van der Waals surface area contributed by atoms with Gasteiger partial charge in [-0.2, -0.15) is 0 Å². The molecule has 3 nitrogen and oxygen atoms in total. The van der Waals surface area contributed by atoms with E-state index >= 15 is 0 Å². The molecule has 0 aromatic heterocycles. The third kappa shape index (κ3) is 4.04. The Labute approximate surface area is 100 Å². The fraction of sp³-hybridized carbons (Fsp3) is 1.00. The molecule has 1 aliphatic rings. The van der Waals surface area contributed by atoms with Crippen LogP contribution in [-0.4, -0.2) is 43.8 Å². The molecule has 0 aliphatic carbocycles. The Morgan fingerprint density at radius 2 is 2.00 bits per heavy atom. The molecule has 1 heterocycles. The minimum Gasteiger partial charge on any atom is -0.381 e. The molecule has 0 aromatic rings. The van der Waals surface area contributed by atoms with Crippen LogP contribution in [0.5, 0.6) is 0 Å². The van der Waals surface area contributed by atoms with Gasteiger partial charge in [0.25, 0.3) is 0 Å². The van der Waals surface area contributed by atoms with Crippen LogP contribution in [0.15, 0.2) is 0 Å². The van der Waals surface area contributed by atoms with Crippen LogP contribution in [0, 0.1) is 5.92 Å². The van der Waals surface area contributed by atoms with E-state index in [1.54, 1.807) is 0 Å². The van der Waals surface area contributed by atoms with E-state index in [1.165, 1.54) is 32.2 Å². The van der Waals surface area contributed by atoms with Crippen LogP contribution in [0.3, 0.4) is 0 Å². The van der Waals surface area contributed by atoms with Crippen molar-refractivity contribution in [3.8, 4) is 0 Å². The number of hydrogen-bond donors (Lipinski definition) is 1. The van der Waals surface area contributed by atoms with Crippen LogP contribution in [0.4, 0.5) is 0 Å². The summed E-state index contributed by atoms with van der Waals surface area (Å²) in [5.41, 5.74) is 5.97. The molecule has 96 valence electrons. The Morgan fingerprint density at radius 1 is 1.31 bits per heavy atom. The molecule has 1 saturated heterocycles. The van der Waals surface area contributed by atoms with Crippen molar-refractivity contribution >= 4 is 0 Å². The lowest BCUT2D eigenvalue weighted by Crippen LogP contribution is -2.47. The maximum Gasteiger partial charge on any atom is 0.0469 e. The van der Waals surface area contributed by atoms with Gasteiger partial charge in [0.15, 0.2) is 0 Å². The maximum atomic E-state index is 5.97. The molecular weight excluding hydrogens is 200 g/mol. The van der Waals surface area contributed by atoms with E-state index in [-0.39, 0.29) is 0 Å². The second kappa shape index (κ2) is 8.04. The quantitative estimate of drug-likeness (QED) is 0.723. The summed E-state index contributed by atoms with van der Waals surface area (Å²) in [6, 6.07) is 0.570. The zero-order valence-corrected chi connectivity index (χ0v) is 11.0. The van der Waals surface area contributed by atoms with Gasteiger partial charge in [0, 0.05) is 25.8 Å². The molecule has 2 N–H and O–H groups in total. The standard InChI is InChI=1S/C13H28N2O/c1-3-5-8-15(4-2)13(11-14)12-6-9-16-10-7-12/h12-13H,3-11,14H2,1-2H3. The molecule has 0 bridgehead atoms. The summed E-state index contributed by atoms with van der Waals surface area (Å²) in [5.74, 6) is 0.746. The molecule has 1 rings (SSSR count). The van der Waals surface area contributed by atoms with Crippen molar-refractivity contribution in [1.29, 1.82) is 0 Å². The number of hydrogen-bond acceptors (Lipinski definition) is 3. The number of nitrogens with two attached hydrogens (primary N) is 1. The van der Waals surface area contributed by atoms with Crippen molar-refractivity contribution in [3.63, 3.8) is 0 Å². The topological polar surface area (TPSA) is 38.5 Å². The first-order valence-corrected chi connectivity index (χ1v) is 6.85. The fourth-order valence-electron chi connectivity index (χ4n) is 2.66. The number of nitrogens with zero attached hydrogens (tertiary/aromatic N) is 1. The first kappa shape index (κ1) is 13.9. The molecule has 1 atom stereocenters. The first-order chi connectivity index (χ1) is 7.83. The minimum atomic E-state index is 0.570. The second-order valence-electron chi connectivity index (χ2n) is 4.73. The van der Waals surface area contributed by atoms with Crippen LogP contribution in [0.25, 0.3) is 0 Å². The number of likely N-dealkylation sites (N-methyl/N-ethyl adjacent to an activating group) is 1. The van der Waals surface area contributed by atoms with Gasteiger partial charge < -0.3 is 10.5 Å². The van der Waals surface area contributed by atoms with E-state index in [4.69, 9.17) is 10.5 Å². The Bertz CT molecular complexity index is 169. The predicted octanol–water partition coefficient (Wildman–Crippen LogP) is 1.86. The highest BCUT2D eigenvalue weighted by Gasteiger charge is 2.26. The summed E-state index contributed by atoms with van der Waals surface area (Å²) in [6.45, 7) is 9.46. The van der Waals surface area contributed by atoms with Crippen molar-refractivity contribution in [1.82, 2.24) is 4.90 Å². The molecule has 0 saturated carbocycles. The highest BCUT2D eigenvalue weighted by Crippen LogP contribution is 2.22. The fourth-order valence-corrected chi connectivity index (χ4v) is 2.66. The van der Waals surface area contributed by atoms with E-state index in [1.807, 2.05) is 0 Å². The summed E-state index contributed by atoms with van der Waals surface area (Å²) < 4.78 is 5.43. The van der Waals surface area contributed by atoms with Crippen molar-refractivity contribution < 1.29 is 4.74 Å². The van der Waals surface area contributed by atoms with Crippen molar-refractivity contribution in [2.24, 2.45) is 11.7 Å². The van der Waals surface area contributed by atoms with Gasteiger partial charge in [0.2, 0.25) is 0 Å². The SMILES string of the molecule is CCCCN(CC)C(CN)C1CCOCC1. The van der Waals surface area contributed by atoms with Gasteiger partial charge in [-0.25, -0.2) is 0 Å². The highest BCUT2D eigenvalue weighted by molar-refractivity contribution is 4.81. The van der Waals surface area contributed by atoms with Gasteiger partial charge in [0.05, 0.1) is 0 Å². The molecule has 0 radical (unpaired) electrons. The maximum absolute atomic E-state index is 5.97. The molecule has 0 amide bonds. The molecular formula is C13H28N2O. The van der Waals surface area contributed by atoms with E-state index in [2.05, 4.69) is 18.7 Å². The normalized spacial score (nSPS) is 20.2. The van der Waals surface area contributed by atoms with Crippen LogP contribution in [0.2, 0.25) is 0 Å². The monoisotopic (exact) mass is 228 g/mol. The predicted molar refractivity (Wildman–Crippen MR) is 68.5 cm³/mol. The number of ether oxygens (including phenoxy) is 1. The van der Waals surface area contributed by atoms with Crippen molar-refractivity contribution in [2.45, 2.75) is 45.6 Å². The summed E-state index contributed by atoms with van der Waals surface area (Å²) >= 11 is 0. The molecule has 1 unspecified atom stereocenters. The Hall–Kier alpha value is -0.120. The highest BCUT2D eigenvalue weighted by atomic mass is 16.5. The molecule has 3 heteroatoms. The average Bonchev–Trinajstić information content (AvgIpc) is 2.35. The van der Waals surface area contributed by atoms with Crippen LogP contribution in [-0.2, 0) is 4.74 Å². The van der Waals surface area contributed by atoms with Gasteiger partial charge >= 0.3 is 0 Å². The number of rotatable bonds is 7. The van der Waals surface area contributed by atoms with Gasteiger partial charge in [-0.05, 0) is 38.3 Å². The number of unbranched alkanes of at least 4 members (excludes halogenated alkanes) is 1. The zero-order chi connectivity index (χ0) is 11.8. The molecule has 1 aliphatic heterocycles. The third-order valence-electron chi connectivity index (χ3n) is 3.73. The Balaban J connectivity index is 2.47. The Kier molecular flexibility index (Phi) is 7.01. The summed E-state index contributed by atoms with van der Waals surface area (Å²) in [4.78, 5) is 2.57. The lowest BCUT2D eigenvalue weighted by molar-refractivity contribution is 0.0285. The van der Waals surface area contributed by atoms with Crippen molar-refractivity contribution in [3.05, 3.63) is 0 Å². The van der Waals surface area contributed by atoms with Crippen LogP contribution < -0.4 is 5.73 Å². The molecule has 1 fully saturated rings. The first-order valence-electron chi connectivity index (χ1n) is 6.85. The zero-order valence-electron chi connectivity index (χ0n) is 11.0. The van der Waals surface area contributed by atoms with Crippen LogP contribution in [0.1, 0.15) is 39.5 Å². The van der Waals surface area contributed by atoms with Gasteiger partial charge in [-0.15, -0.1) is 0 Å². The van der Waals surface area contributed by atoms with Gasteiger partial charge in [-0.1, -0.05) is 20.3 Å². The third-order valence-corrected chi connectivity index (χ3v) is 3.73. The molecule has 0 spiro atoms. The van der Waals surface area contributed by atoms with E-state index in [0.717, 1.165) is 32.2 Å². The smallest absolute Gasteiger partial charge is 0.0469 e. The lowest BCUT2D eigenvalue weighted by atomic mass is 9.90. The van der Waals surface area contributed by atoms with E-state index < -0.39 is 0 Å². The average molecular weight is 228 g/mol. The lowest BCUT2D eigenvalue weighted by Gasteiger charge is -2.37. The minimum absolute atomic E-state index is 0.570. The van der Waals surface area contributed by atoms with Crippen LogP contribution >= 0.6 is 0 Å². The molecule has 16 heavy (non-hydrogen) atoms. The largest absolute Gasteiger partial charge is 0.381 e. The van der Waals surface area contributed by atoms with Gasteiger partial charge in [-0.3, -0.25) is 4.90 Å². The Morgan fingerprint density at radius 3 is 2.50 bits per heavy atom. The summed E-state index contributed by atoms with van der Waals surface area (Å²) in [5, 5.41) is 0. The second-order valence-corrected chi connectivity index (χ2v) is 4.73.